The number of halogens is 2. The van der Waals surface area contributed by atoms with E-state index in [2.05, 4.69) is 21.2 Å². The first kappa shape index (κ1) is 21.0. The maximum absolute atomic E-state index is 13.2. The number of carbonyl (C=O) groups is 1. The Morgan fingerprint density at radius 3 is 2.30 bits per heavy atom. The van der Waals surface area contributed by atoms with Crippen molar-refractivity contribution in [2.24, 2.45) is 0 Å². The second-order valence-electron chi connectivity index (χ2n) is 6.13. The first-order chi connectivity index (χ1) is 12.8. The van der Waals surface area contributed by atoms with Crippen molar-refractivity contribution in [1.29, 1.82) is 0 Å². The summed E-state index contributed by atoms with van der Waals surface area (Å²) in [5.41, 5.74) is 1.88. The minimum atomic E-state index is -0.755. The molecule has 0 saturated carbocycles. The predicted octanol–water partition coefficient (Wildman–Crippen LogP) is 4.56. The van der Waals surface area contributed by atoms with Crippen LogP contribution in [0.25, 0.3) is 0 Å². The molecular weight excluding hydrogens is 417 g/mol. The van der Waals surface area contributed by atoms with E-state index >= 15 is 0 Å². The molecule has 0 bridgehead atoms. The van der Waals surface area contributed by atoms with Crippen molar-refractivity contribution < 1.29 is 23.4 Å². The summed E-state index contributed by atoms with van der Waals surface area (Å²) in [6, 6.07) is 7.49. The van der Waals surface area contributed by atoms with Gasteiger partial charge in [0.15, 0.2) is 17.6 Å². The molecule has 7 heteroatoms. The number of methoxy groups -OCH3 is 2. The second kappa shape index (κ2) is 9.08. The summed E-state index contributed by atoms with van der Waals surface area (Å²) in [7, 11) is 3.14. The third-order valence-corrected chi connectivity index (χ3v) is 4.78. The SMILES string of the molecule is COc1cc(C)c(C(C)NC(=O)C(C)Oc2ccc(F)cc2Br)cc1OC. The maximum Gasteiger partial charge on any atom is 0.261 e. The highest BCUT2D eigenvalue weighted by Gasteiger charge is 2.21. The lowest BCUT2D eigenvalue weighted by Crippen LogP contribution is -2.38. The van der Waals surface area contributed by atoms with Crippen LogP contribution in [0.1, 0.15) is 31.0 Å². The van der Waals surface area contributed by atoms with Gasteiger partial charge < -0.3 is 19.5 Å². The van der Waals surface area contributed by atoms with E-state index in [1.165, 1.54) is 18.2 Å². The lowest BCUT2D eigenvalue weighted by molar-refractivity contribution is -0.127. The van der Waals surface area contributed by atoms with Gasteiger partial charge in [0.1, 0.15) is 11.6 Å². The Bertz CT molecular complexity index is 828. The summed E-state index contributed by atoms with van der Waals surface area (Å²) in [5, 5.41) is 2.93. The van der Waals surface area contributed by atoms with Gasteiger partial charge in [0.05, 0.1) is 24.7 Å². The third-order valence-electron chi connectivity index (χ3n) is 4.16. The Balaban J connectivity index is 2.10. The minimum Gasteiger partial charge on any atom is -0.493 e. The molecule has 0 fully saturated rings. The molecule has 2 atom stereocenters. The van der Waals surface area contributed by atoms with Crippen molar-refractivity contribution >= 4 is 21.8 Å². The first-order valence-electron chi connectivity index (χ1n) is 8.41. The lowest BCUT2D eigenvalue weighted by atomic mass is 10.0. The number of amides is 1. The van der Waals surface area contributed by atoms with E-state index in [0.29, 0.717) is 21.7 Å². The van der Waals surface area contributed by atoms with Crippen LogP contribution in [0.4, 0.5) is 4.39 Å². The number of rotatable bonds is 7. The predicted molar refractivity (Wildman–Crippen MR) is 105 cm³/mol. The topological polar surface area (TPSA) is 56.8 Å². The van der Waals surface area contributed by atoms with Crippen molar-refractivity contribution in [3.63, 3.8) is 0 Å². The molecule has 0 aliphatic rings. The summed E-state index contributed by atoms with van der Waals surface area (Å²) in [5.74, 6) is 0.958. The van der Waals surface area contributed by atoms with Crippen molar-refractivity contribution in [3.05, 3.63) is 51.7 Å². The molecule has 2 unspecified atom stereocenters. The fraction of sp³-hybridized carbons (Fsp3) is 0.350. The minimum absolute atomic E-state index is 0.264. The molecule has 0 radical (unpaired) electrons. The van der Waals surface area contributed by atoms with Gasteiger partial charge in [-0.25, -0.2) is 4.39 Å². The Labute approximate surface area is 166 Å². The van der Waals surface area contributed by atoms with Crippen LogP contribution in [0.2, 0.25) is 0 Å². The maximum atomic E-state index is 13.2. The van der Waals surface area contributed by atoms with Crippen LogP contribution in [-0.2, 0) is 4.79 Å². The molecule has 0 aliphatic heterocycles. The Morgan fingerprint density at radius 1 is 1.07 bits per heavy atom. The highest BCUT2D eigenvalue weighted by Crippen LogP contribution is 2.33. The summed E-state index contributed by atoms with van der Waals surface area (Å²) in [6.07, 6.45) is -0.755. The van der Waals surface area contributed by atoms with E-state index < -0.39 is 6.10 Å². The molecule has 2 aromatic rings. The molecule has 0 saturated heterocycles. The quantitative estimate of drug-likeness (QED) is 0.686. The van der Waals surface area contributed by atoms with Crippen LogP contribution in [0, 0.1) is 12.7 Å². The van der Waals surface area contributed by atoms with Crippen LogP contribution >= 0.6 is 15.9 Å². The molecule has 5 nitrogen and oxygen atoms in total. The summed E-state index contributed by atoms with van der Waals surface area (Å²) in [6.45, 7) is 5.46. The average molecular weight is 440 g/mol. The van der Waals surface area contributed by atoms with Gasteiger partial charge >= 0.3 is 0 Å². The summed E-state index contributed by atoms with van der Waals surface area (Å²) >= 11 is 3.23. The molecule has 146 valence electrons. The number of benzene rings is 2. The molecule has 2 rings (SSSR count). The van der Waals surface area contributed by atoms with Gasteiger partial charge in [0.2, 0.25) is 0 Å². The van der Waals surface area contributed by atoms with Crippen molar-refractivity contribution in [3.8, 4) is 17.2 Å². The van der Waals surface area contributed by atoms with Crippen LogP contribution in [0.5, 0.6) is 17.2 Å². The van der Waals surface area contributed by atoms with Crippen molar-refractivity contribution in [2.75, 3.05) is 14.2 Å². The summed E-state index contributed by atoms with van der Waals surface area (Å²) < 4.78 is 29.9. The molecule has 1 amide bonds. The standard InChI is InChI=1S/C20H23BrFNO4/c1-11-8-18(25-4)19(26-5)10-15(11)12(2)23-20(24)13(3)27-17-7-6-14(22)9-16(17)21/h6-10,12-13H,1-5H3,(H,23,24). The van der Waals surface area contributed by atoms with E-state index in [1.807, 2.05) is 26.0 Å². The van der Waals surface area contributed by atoms with Gasteiger partial charge in [-0.2, -0.15) is 0 Å². The highest BCUT2D eigenvalue weighted by molar-refractivity contribution is 9.10. The number of aryl methyl sites for hydroxylation is 1. The monoisotopic (exact) mass is 439 g/mol. The summed E-state index contributed by atoms with van der Waals surface area (Å²) in [4.78, 5) is 12.5. The number of hydrogen-bond donors (Lipinski definition) is 1. The fourth-order valence-electron chi connectivity index (χ4n) is 2.69. The highest BCUT2D eigenvalue weighted by atomic mass is 79.9. The molecule has 0 aliphatic carbocycles. The van der Waals surface area contributed by atoms with E-state index in [9.17, 15) is 9.18 Å². The van der Waals surface area contributed by atoms with E-state index in [4.69, 9.17) is 14.2 Å². The first-order valence-corrected chi connectivity index (χ1v) is 9.20. The molecule has 0 heterocycles. The largest absolute Gasteiger partial charge is 0.493 e. The number of nitrogens with one attached hydrogen (secondary N) is 1. The third kappa shape index (κ3) is 5.13. The average Bonchev–Trinajstić information content (AvgIpc) is 2.63. The molecule has 0 spiro atoms. The Morgan fingerprint density at radius 2 is 1.70 bits per heavy atom. The molecule has 2 aromatic carbocycles. The normalized spacial score (nSPS) is 12.9. The second-order valence-corrected chi connectivity index (χ2v) is 6.98. The Hall–Kier alpha value is -2.28. The van der Waals surface area contributed by atoms with E-state index in [0.717, 1.165) is 11.1 Å². The number of hydrogen-bond acceptors (Lipinski definition) is 4. The molecule has 1 N–H and O–H groups in total. The molecule has 0 aromatic heterocycles. The zero-order valence-electron chi connectivity index (χ0n) is 15.9. The van der Waals surface area contributed by atoms with Gasteiger partial charge in [-0.05, 0) is 78.2 Å². The molecule has 27 heavy (non-hydrogen) atoms. The molecular formula is C20H23BrFNO4. The zero-order chi connectivity index (χ0) is 20.1. The van der Waals surface area contributed by atoms with Crippen molar-refractivity contribution in [2.45, 2.75) is 32.9 Å². The number of carbonyl (C=O) groups excluding carboxylic acids is 1. The zero-order valence-corrected chi connectivity index (χ0v) is 17.5. The van der Waals surface area contributed by atoms with E-state index in [1.54, 1.807) is 21.1 Å². The lowest BCUT2D eigenvalue weighted by Gasteiger charge is -2.22. The van der Waals surface area contributed by atoms with Gasteiger partial charge in [-0.1, -0.05) is 0 Å². The van der Waals surface area contributed by atoms with Gasteiger partial charge in [-0.3, -0.25) is 4.79 Å². The van der Waals surface area contributed by atoms with Gasteiger partial charge in [0.25, 0.3) is 5.91 Å². The van der Waals surface area contributed by atoms with Gasteiger partial charge in [-0.15, -0.1) is 0 Å². The smallest absolute Gasteiger partial charge is 0.261 e. The van der Waals surface area contributed by atoms with Crippen LogP contribution < -0.4 is 19.5 Å². The van der Waals surface area contributed by atoms with Gasteiger partial charge in [0, 0.05) is 0 Å². The van der Waals surface area contributed by atoms with E-state index in [-0.39, 0.29) is 17.8 Å². The fourth-order valence-corrected chi connectivity index (χ4v) is 3.13. The van der Waals surface area contributed by atoms with Crippen LogP contribution in [0.15, 0.2) is 34.8 Å². The van der Waals surface area contributed by atoms with Crippen LogP contribution in [0.3, 0.4) is 0 Å². The number of ether oxygens (including phenoxy) is 3. The van der Waals surface area contributed by atoms with Crippen LogP contribution in [-0.4, -0.2) is 26.2 Å². The van der Waals surface area contributed by atoms with Crippen molar-refractivity contribution in [1.82, 2.24) is 5.32 Å². The Kier molecular flexibility index (Phi) is 7.07.